The predicted molar refractivity (Wildman–Crippen MR) is 99.0 cm³/mol. The number of unbranched alkanes of at least 4 members (excludes halogenated alkanes) is 2. The number of benzene rings is 2. The highest BCUT2D eigenvalue weighted by Crippen LogP contribution is 2.23. The van der Waals surface area contributed by atoms with Gasteiger partial charge in [-0.15, -0.1) is 0 Å². The fourth-order valence-electron chi connectivity index (χ4n) is 2.76. The molecule has 0 aliphatic rings. The standard InChI is InChI=1S/C21H28O4/c1-21(2,24)10-5-3-4-7-16-8-6-9-20(13-16)25-15-17-11-18(22)14-19(23)12-17/h6,8-9,11-14,22-24H,3-5,7,10,15H2,1-2H3. The molecule has 0 saturated heterocycles. The van der Waals surface area contributed by atoms with E-state index in [0.29, 0.717) is 0 Å². The highest BCUT2D eigenvalue weighted by Gasteiger charge is 2.11. The van der Waals surface area contributed by atoms with Crippen LogP contribution in [0.25, 0.3) is 0 Å². The summed E-state index contributed by atoms with van der Waals surface area (Å²) < 4.78 is 5.76. The smallest absolute Gasteiger partial charge is 0.120 e. The number of aromatic hydroxyl groups is 2. The summed E-state index contributed by atoms with van der Waals surface area (Å²) in [4.78, 5) is 0. The summed E-state index contributed by atoms with van der Waals surface area (Å²) in [6, 6.07) is 12.4. The van der Waals surface area contributed by atoms with E-state index in [1.807, 2.05) is 32.0 Å². The Morgan fingerprint density at radius 1 is 0.880 bits per heavy atom. The summed E-state index contributed by atoms with van der Waals surface area (Å²) in [5.74, 6) is 0.827. The zero-order valence-corrected chi connectivity index (χ0v) is 15.0. The summed E-state index contributed by atoms with van der Waals surface area (Å²) in [5.41, 5.74) is 1.36. The Bertz CT molecular complexity index is 654. The normalized spacial score (nSPS) is 11.5. The third kappa shape index (κ3) is 7.48. The lowest BCUT2D eigenvalue weighted by molar-refractivity contribution is 0.0681. The van der Waals surface area contributed by atoms with Gasteiger partial charge in [-0.3, -0.25) is 0 Å². The van der Waals surface area contributed by atoms with Gasteiger partial charge in [0.15, 0.2) is 0 Å². The minimum atomic E-state index is -0.575. The average Bonchev–Trinajstić information content (AvgIpc) is 2.51. The quantitative estimate of drug-likeness (QED) is 0.584. The van der Waals surface area contributed by atoms with E-state index in [1.54, 1.807) is 12.1 Å². The molecule has 0 bridgehead atoms. The molecule has 0 spiro atoms. The van der Waals surface area contributed by atoms with Gasteiger partial charge in [0.05, 0.1) is 5.60 Å². The first-order valence-electron chi connectivity index (χ1n) is 8.78. The van der Waals surface area contributed by atoms with Crippen molar-refractivity contribution < 1.29 is 20.1 Å². The van der Waals surface area contributed by atoms with Gasteiger partial charge >= 0.3 is 0 Å². The lowest BCUT2D eigenvalue weighted by atomic mass is 9.99. The topological polar surface area (TPSA) is 69.9 Å². The molecule has 0 radical (unpaired) electrons. The number of aryl methyl sites for hydroxylation is 1. The molecule has 0 aliphatic carbocycles. The van der Waals surface area contributed by atoms with E-state index in [4.69, 9.17) is 4.74 Å². The Balaban J connectivity index is 1.80. The van der Waals surface area contributed by atoms with Crippen molar-refractivity contribution in [2.75, 3.05) is 0 Å². The van der Waals surface area contributed by atoms with Crippen LogP contribution in [-0.4, -0.2) is 20.9 Å². The van der Waals surface area contributed by atoms with Crippen molar-refractivity contribution in [2.24, 2.45) is 0 Å². The van der Waals surface area contributed by atoms with E-state index in [2.05, 4.69) is 6.07 Å². The molecule has 4 nitrogen and oxygen atoms in total. The zero-order valence-electron chi connectivity index (χ0n) is 15.0. The molecule has 0 aromatic heterocycles. The maximum absolute atomic E-state index is 9.71. The third-order valence-corrected chi connectivity index (χ3v) is 4.02. The van der Waals surface area contributed by atoms with Crippen LogP contribution in [0, 0.1) is 0 Å². The molecule has 0 amide bonds. The van der Waals surface area contributed by atoms with Crippen molar-refractivity contribution in [3.05, 3.63) is 53.6 Å². The Kier molecular flexibility index (Phi) is 6.71. The first-order chi connectivity index (χ1) is 11.8. The number of phenolic OH excluding ortho intramolecular Hbond substituents is 2. The largest absolute Gasteiger partial charge is 0.508 e. The van der Waals surface area contributed by atoms with Crippen LogP contribution >= 0.6 is 0 Å². The first-order valence-corrected chi connectivity index (χ1v) is 8.78. The van der Waals surface area contributed by atoms with Gasteiger partial charge in [0, 0.05) is 6.07 Å². The highest BCUT2D eigenvalue weighted by molar-refractivity contribution is 5.37. The van der Waals surface area contributed by atoms with Crippen molar-refractivity contribution in [2.45, 2.75) is 58.2 Å². The van der Waals surface area contributed by atoms with E-state index in [1.165, 1.54) is 11.6 Å². The van der Waals surface area contributed by atoms with E-state index < -0.39 is 5.60 Å². The summed E-state index contributed by atoms with van der Waals surface area (Å²) >= 11 is 0. The van der Waals surface area contributed by atoms with Crippen molar-refractivity contribution in [3.8, 4) is 17.2 Å². The second kappa shape index (κ2) is 8.77. The van der Waals surface area contributed by atoms with E-state index in [0.717, 1.165) is 43.4 Å². The van der Waals surface area contributed by atoms with Crippen molar-refractivity contribution in [1.82, 2.24) is 0 Å². The predicted octanol–water partition coefficient (Wildman–Crippen LogP) is 4.55. The number of aliphatic hydroxyl groups is 1. The summed E-state index contributed by atoms with van der Waals surface area (Å²) in [6.07, 6.45) is 5.02. The molecule has 0 heterocycles. The second-order valence-corrected chi connectivity index (χ2v) is 7.17. The molecule has 4 heteroatoms. The Hall–Kier alpha value is -2.20. The SMILES string of the molecule is CC(C)(O)CCCCCc1cccc(OCc2cc(O)cc(O)c2)c1. The molecule has 2 rings (SSSR count). The van der Waals surface area contributed by atoms with Gasteiger partial charge in [0.1, 0.15) is 23.9 Å². The molecule has 0 fully saturated rings. The third-order valence-electron chi connectivity index (χ3n) is 4.02. The van der Waals surface area contributed by atoms with Crippen LogP contribution in [0.1, 0.15) is 50.7 Å². The Morgan fingerprint density at radius 2 is 1.60 bits per heavy atom. The minimum Gasteiger partial charge on any atom is -0.508 e. The second-order valence-electron chi connectivity index (χ2n) is 7.17. The minimum absolute atomic E-state index is 0.0263. The molecule has 0 atom stereocenters. The monoisotopic (exact) mass is 344 g/mol. The maximum Gasteiger partial charge on any atom is 0.120 e. The van der Waals surface area contributed by atoms with E-state index in [9.17, 15) is 15.3 Å². The lowest BCUT2D eigenvalue weighted by Crippen LogP contribution is -2.17. The molecule has 0 aliphatic heterocycles. The van der Waals surface area contributed by atoms with Crippen LogP contribution in [0.3, 0.4) is 0 Å². The van der Waals surface area contributed by atoms with Crippen LogP contribution in [0.5, 0.6) is 17.2 Å². The first kappa shape index (κ1) is 19.1. The van der Waals surface area contributed by atoms with Crippen LogP contribution in [-0.2, 0) is 13.0 Å². The number of rotatable bonds is 9. The van der Waals surface area contributed by atoms with Crippen LogP contribution < -0.4 is 4.74 Å². The molecular formula is C21H28O4. The van der Waals surface area contributed by atoms with Crippen LogP contribution in [0.15, 0.2) is 42.5 Å². The summed E-state index contributed by atoms with van der Waals surface area (Å²) in [6.45, 7) is 3.98. The van der Waals surface area contributed by atoms with Gasteiger partial charge in [-0.05, 0) is 68.5 Å². The van der Waals surface area contributed by atoms with Gasteiger partial charge < -0.3 is 20.1 Å². The van der Waals surface area contributed by atoms with Crippen molar-refractivity contribution in [3.63, 3.8) is 0 Å². The average molecular weight is 344 g/mol. The van der Waals surface area contributed by atoms with Gasteiger partial charge in [0.2, 0.25) is 0 Å². The van der Waals surface area contributed by atoms with Crippen LogP contribution in [0.4, 0.5) is 0 Å². The zero-order chi connectivity index (χ0) is 18.3. The van der Waals surface area contributed by atoms with Gasteiger partial charge in [0.25, 0.3) is 0 Å². The molecule has 2 aromatic carbocycles. The molecule has 0 saturated carbocycles. The number of phenols is 2. The van der Waals surface area contributed by atoms with Gasteiger partial charge in [-0.25, -0.2) is 0 Å². The molecule has 0 unspecified atom stereocenters. The summed E-state index contributed by atoms with van der Waals surface area (Å²) in [5, 5.41) is 28.7. The fourth-order valence-corrected chi connectivity index (χ4v) is 2.76. The molecule has 3 N–H and O–H groups in total. The van der Waals surface area contributed by atoms with Crippen molar-refractivity contribution >= 4 is 0 Å². The van der Waals surface area contributed by atoms with Gasteiger partial charge in [-0.1, -0.05) is 25.0 Å². The Morgan fingerprint density at radius 3 is 2.28 bits per heavy atom. The summed E-state index contributed by atoms with van der Waals surface area (Å²) in [7, 11) is 0. The molecular weight excluding hydrogens is 316 g/mol. The molecule has 2 aromatic rings. The molecule has 25 heavy (non-hydrogen) atoms. The lowest BCUT2D eigenvalue weighted by Gasteiger charge is -2.16. The van der Waals surface area contributed by atoms with E-state index in [-0.39, 0.29) is 18.1 Å². The maximum atomic E-state index is 9.71. The number of ether oxygens (including phenoxy) is 1. The fraction of sp³-hybridized carbons (Fsp3) is 0.429. The van der Waals surface area contributed by atoms with Crippen molar-refractivity contribution in [1.29, 1.82) is 0 Å². The van der Waals surface area contributed by atoms with Crippen LogP contribution in [0.2, 0.25) is 0 Å². The number of hydrogen-bond acceptors (Lipinski definition) is 4. The van der Waals surface area contributed by atoms with Gasteiger partial charge in [-0.2, -0.15) is 0 Å². The number of hydrogen-bond donors (Lipinski definition) is 3. The Labute approximate surface area is 149 Å². The highest BCUT2D eigenvalue weighted by atomic mass is 16.5. The molecule has 136 valence electrons. The van der Waals surface area contributed by atoms with E-state index >= 15 is 0 Å².